The molecule has 0 saturated carbocycles. The summed E-state index contributed by atoms with van der Waals surface area (Å²) in [5.74, 6) is -0.0468. The zero-order valence-corrected chi connectivity index (χ0v) is 22.9. The molecule has 0 spiro atoms. The number of carbonyl (C=O) groups excluding carboxylic acids is 1. The van der Waals surface area contributed by atoms with Gasteiger partial charge in [0.2, 0.25) is 10.0 Å². The molecule has 0 aliphatic carbocycles. The first-order valence-corrected chi connectivity index (χ1v) is 14.5. The molecule has 2 N–H and O–H groups in total. The standard InChI is InChI=1S/C28H24ClF3N2O3S2/c29-23-10-6-21(7-11-23)26(35)14-12-25-13-15-27(38-25)39(36,37)34-18-20-2-1-3-24(16-20)33-17-19-4-8-22(9-5-19)28(30,31)32/h1-11,13,15-16,33-34H,12,14,17-18H2. The minimum absolute atomic E-state index is 0.0468. The first-order chi connectivity index (χ1) is 18.5. The second-order valence-corrected chi connectivity index (χ2v) is 12.3. The number of halogens is 4. The van der Waals surface area contributed by atoms with Gasteiger partial charge in [-0.15, -0.1) is 11.3 Å². The minimum Gasteiger partial charge on any atom is -0.381 e. The minimum atomic E-state index is -4.38. The normalized spacial score (nSPS) is 11.9. The fraction of sp³-hybridized carbons (Fsp3) is 0.179. The van der Waals surface area contributed by atoms with Gasteiger partial charge in [0.1, 0.15) is 4.21 Å². The van der Waals surface area contributed by atoms with Gasteiger partial charge >= 0.3 is 6.18 Å². The molecule has 0 saturated heterocycles. The second-order valence-electron chi connectivity index (χ2n) is 8.72. The van der Waals surface area contributed by atoms with Crippen molar-refractivity contribution in [3.63, 3.8) is 0 Å². The Hall–Kier alpha value is -3.18. The molecule has 1 heterocycles. The number of aryl methyl sites for hydroxylation is 1. The van der Waals surface area contributed by atoms with Crippen LogP contribution in [0.2, 0.25) is 5.02 Å². The van der Waals surface area contributed by atoms with Crippen molar-refractivity contribution in [1.29, 1.82) is 0 Å². The fourth-order valence-corrected chi connectivity index (χ4v) is 6.25. The van der Waals surface area contributed by atoms with Gasteiger partial charge < -0.3 is 5.32 Å². The molecule has 0 aliphatic heterocycles. The van der Waals surface area contributed by atoms with E-state index in [0.717, 1.165) is 28.3 Å². The highest BCUT2D eigenvalue weighted by Gasteiger charge is 2.29. The average Bonchev–Trinajstić information content (AvgIpc) is 3.40. The number of benzene rings is 3. The van der Waals surface area contributed by atoms with Gasteiger partial charge in [0.05, 0.1) is 5.56 Å². The van der Waals surface area contributed by atoms with Crippen LogP contribution in [0.1, 0.15) is 38.3 Å². The van der Waals surface area contributed by atoms with E-state index in [9.17, 15) is 26.4 Å². The Balaban J connectivity index is 1.29. The molecule has 4 rings (SSSR count). The topological polar surface area (TPSA) is 75.3 Å². The van der Waals surface area contributed by atoms with Crippen LogP contribution in [0.5, 0.6) is 0 Å². The average molecular weight is 593 g/mol. The van der Waals surface area contributed by atoms with E-state index < -0.39 is 21.8 Å². The molecule has 0 radical (unpaired) electrons. The number of nitrogens with one attached hydrogen (secondary N) is 2. The van der Waals surface area contributed by atoms with Gasteiger partial charge in [-0.2, -0.15) is 13.2 Å². The van der Waals surface area contributed by atoms with Crippen LogP contribution in [0.15, 0.2) is 89.1 Å². The van der Waals surface area contributed by atoms with Crippen molar-refractivity contribution in [3.8, 4) is 0 Å². The molecule has 5 nitrogen and oxygen atoms in total. The lowest BCUT2D eigenvalue weighted by Crippen LogP contribution is -2.22. The van der Waals surface area contributed by atoms with Crippen molar-refractivity contribution in [3.05, 3.63) is 117 Å². The molecule has 39 heavy (non-hydrogen) atoms. The Bertz CT molecular complexity index is 1540. The number of rotatable bonds is 11. The summed E-state index contributed by atoms with van der Waals surface area (Å²) in [5, 5.41) is 3.69. The smallest absolute Gasteiger partial charge is 0.381 e. The quantitative estimate of drug-likeness (QED) is 0.179. The summed E-state index contributed by atoms with van der Waals surface area (Å²) < 4.78 is 66.6. The summed E-state index contributed by atoms with van der Waals surface area (Å²) in [6.45, 7) is 0.367. The van der Waals surface area contributed by atoms with Crippen LogP contribution in [0.25, 0.3) is 0 Å². The largest absolute Gasteiger partial charge is 0.416 e. The summed E-state index contributed by atoms with van der Waals surface area (Å²) in [7, 11) is -3.76. The molecule has 0 fully saturated rings. The number of sulfonamides is 1. The molecule has 0 bridgehead atoms. The van der Waals surface area contributed by atoms with Gasteiger partial charge in [0, 0.05) is 40.7 Å². The number of anilines is 1. The molecular formula is C28H24ClF3N2O3S2. The van der Waals surface area contributed by atoms with Crippen molar-refractivity contribution in [2.45, 2.75) is 36.3 Å². The third-order valence-corrected chi connectivity index (χ3v) is 9.13. The molecule has 204 valence electrons. The van der Waals surface area contributed by atoms with E-state index in [1.807, 2.05) is 0 Å². The lowest BCUT2D eigenvalue weighted by Gasteiger charge is -2.11. The van der Waals surface area contributed by atoms with E-state index in [4.69, 9.17) is 11.6 Å². The first kappa shape index (κ1) is 28.8. The van der Waals surface area contributed by atoms with Gasteiger partial charge in [-0.1, -0.05) is 35.9 Å². The molecule has 0 aliphatic rings. The van der Waals surface area contributed by atoms with Gasteiger partial charge in [-0.3, -0.25) is 4.79 Å². The Labute approximate surface area is 233 Å². The maximum Gasteiger partial charge on any atom is 0.416 e. The number of Topliss-reactive ketones (excluding diaryl/α,β-unsaturated/α-hetero) is 1. The summed E-state index contributed by atoms with van der Waals surface area (Å²) in [6.07, 6.45) is -3.70. The highest BCUT2D eigenvalue weighted by atomic mass is 35.5. The number of hydrogen-bond acceptors (Lipinski definition) is 5. The van der Waals surface area contributed by atoms with Crippen molar-refractivity contribution in [2.75, 3.05) is 5.32 Å². The summed E-state index contributed by atoms with van der Waals surface area (Å²) in [4.78, 5) is 13.2. The van der Waals surface area contributed by atoms with Crippen LogP contribution in [-0.4, -0.2) is 14.2 Å². The third-order valence-electron chi connectivity index (χ3n) is 5.84. The monoisotopic (exact) mass is 592 g/mol. The van der Waals surface area contributed by atoms with E-state index in [1.54, 1.807) is 54.6 Å². The summed E-state index contributed by atoms with van der Waals surface area (Å²) in [6, 6.07) is 21.9. The number of ketones is 1. The van der Waals surface area contributed by atoms with Gasteiger partial charge in [-0.25, -0.2) is 13.1 Å². The van der Waals surface area contributed by atoms with E-state index in [1.165, 1.54) is 18.2 Å². The third kappa shape index (κ3) is 8.15. The van der Waals surface area contributed by atoms with E-state index in [-0.39, 0.29) is 23.0 Å². The zero-order chi connectivity index (χ0) is 28.0. The number of thiophene rings is 1. The lowest BCUT2D eigenvalue weighted by atomic mass is 10.1. The molecule has 0 atom stereocenters. The second kappa shape index (κ2) is 12.3. The van der Waals surface area contributed by atoms with Crippen molar-refractivity contribution >= 4 is 44.4 Å². The lowest BCUT2D eigenvalue weighted by molar-refractivity contribution is -0.137. The van der Waals surface area contributed by atoms with Crippen molar-refractivity contribution in [2.24, 2.45) is 0 Å². The highest BCUT2D eigenvalue weighted by molar-refractivity contribution is 7.91. The predicted molar refractivity (Wildman–Crippen MR) is 148 cm³/mol. The van der Waals surface area contributed by atoms with Gasteiger partial charge in [-0.05, 0) is 78.2 Å². The van der Waals surface area contributed by atoms with E-state index in [0.29, 0.717) is 40.4 Å². The van der Waals surface area contributed by atoms with Crippen LogP contribution in [0.4, 0.5) is 18.9 Å². The summed E-state index contributed by atoms with van der Waals surface area (Å²) >= 11 is 6.98. The molecule has 11 heteroatoms. The number of hydrogen-bond donors (Lipinski definition) is 2. The molecule has 4 aromatic rings. The summed E-state index contributed by atoms with van der Waals surface area (Å²) in [5.41, 5.74) is 1.94. The zero-order valence-electron chi connectivity index (χ0n) is 20.5. The van der Waals surface area contributed by atoms with Crippen molar-refractivity contribution < 1.29 is 26.4 Å². The molecule has 0 amide bonds. The van der Waals surface area contributed by atoms with Crippen LogP contribution in [0, 0.1) is 0 Å². The van der Waals surface area contributed by atoms with E-state index in [2.05, 4.69) is 10.0 Å². The van der Waals surface area contributed by atoms with Crippen LogP contribution in [0.3, 0.4) is 0 Å². The number of carbonyl (C=O) groups is 1. The molecular weight excluding hydrogens is 569 g/mol. The van der Waals surface area contributed by atoms with Gasteiger partial charge in [0.25, 0.3) is 0 Å². The van der Waals surface area contributed by atoms with Crippen molar-refractivity contribution in [1.82, 2.24) is 4.72 Å². The Morgan fingerprint density at radius 2 is 1.59 bits per heavy atom. The Morgan fingerprint density at radius 3 is 2.28 bits per heavy atom. The Kier molecular flexibility index (Phi) is 9.12. The maximum atomic E-state index is 12.8. The van der Waals surface area contributed by atoms with Crippen LogP contribution >= 0.6 is 22.9 Å². The molecule has 1 aromatic heterocycles. The SMILES string of the molecule is O=C(CCc1ccc(S(=O)(=O)NCc2cccc(NCc3ccc(C(F)(F)F)cc3)c2)s1)c1ccc(Cl)cc1. The van der Waals surface area contributed by atoms with Crippen LogP contribution < -0.4 is 10.0 Å². The Morgan fingerprint density at radius 1 is 0.872 bits per heavy atom. The molecule has 0 unspecified atom stereocenters. The maximum absolute atomic E-state index is 12.8. The fourth-order valence-electron chi connectivity index (χ4n) is 3.71. The van der Waals surface area contributed by atoms with Crippen LogP contribution in [-0.2, 0) is 35.7 Å². The molecule has 3 aromatic carbocycles. The highest BCUT2D eigenvalue weighted by Crippen LogP contribution is 2.29. The predicted octanol–water partition coefficient (Wildman–Crippen LogP) is 7.33. The van der Waals surface area contributed by atoms with E-state index >= 15 is 0 Å². The first-order valence-electron chi connectivity index (χ1n) is 11.9. The van der Waals surface area contributed by atoms with Gasteiger partial charge in [0.15, 0.2) is 5.78 Å². The number of alkyl halides is 3.